The second-order valence-corrected chi connectivity index (χ2v) is 6.47. The van der Waals surface area contributed by atoms with E-state index in [9.17, 15) is 18.0 Å². The Morgan fingerprint density at radius 2 is 1.45 bits per heavy atom. The molecule has 1 atom stereocenters. The molecule has 0 saturated heterocycles. The van der Waals surface area contributed by atoms with Gasteiger partial charge in [-0.05, 0) is 20.8 Å². The summed E-state index contributed by atoms with van der Waals surface area (Å²) in [6.45, 7) is 6.27. The molecule has 9 heteroatoms. The van der Waals surface area contributed by atoms with Gasteiger partial charge in [-0.1, -0.05) is 0 Å². The molecule has 0 aliphatic heterocycles. The van der Waals surface area contributed by atoms with Crippen LogP contribution in [0.4, 0.5) is 13.2 Å². The molecule has 5 nitrogen and oxygen atoms in total. The maximum atomic E-state index is 12.9. The van der Waals surface area contributed by atoms with Gasteiger partial charge < -0.3 is 18.0 Å². The molecule has 0 radical (unpaired) electrons. The molecule has 0 aliphatic carbocycles. The van der Waals surface area contributed by atoms with E-state index in [4.69, 9.17) is 13.3 Å². The summed E-state index contributed by atoms with van der Waals surface area (Å²) in [6, 6.07) is -0.647. The van der Waals surface area contributed by atoms with E-state index in [0.717, 1.165) is 6.92 Å². The van der Waals surface area contributed by atoms with Crippen LogP contribution in [0.25, 0.3) is 0 Å². The normalized spacial score (nSPS) is 14.2. The molecule has 0 rings (SSSR count). The van der Waals surface area contributed by atoms with Crippen molar-refractivity contribution in [3.05, 3.63) is 0 Å². The average molecular weight is 318 g/mol. The predicted octanol–water partition coefficient (Wildman–Crippen LogP) is 2.53. The third-order valence-electron chi connectivity index (χ3n) is 2.20. The molecule has 0 spiro atoms. The Balaban J connectivity index is 5.17. The topological polar surface area (TPSA) is 54.0 Å². The van der Waals surface area contributed by atoms with E-state index in [2.05, 4.69) is 4.74 Å². The molecular formula is C11H21F3O5Si. The van der Waals surface area contributed by atoms with Crippen molar-refractivity contribution in [2.45, 2.75) is 46.0 Å². The van der Waals surface area contributed by atoms with E-state index in [1.54, 1.807) is 20.8 Å². The second kappa shape index (κ2) is 8.60. The van der Waals surface area contributed by atoms with Crippen molar-refractivity contribution in [1.29, 1.82) is 0 Å². The zero-order valence-corrected chi connectivity index (χ0v) is 13.1. The van der Waals surface area contributed by atoms with Gasteiger partial charge >= 0.3 is 21.0 Å². The van der Waals surface area contributed by atoms with Crippen LogP contribution in [0.3, 0.4) is 0 Å². The van der Waals surface area contributed by atoms with Gasteiger partial charge in [0.25, 0.3) is 0 Å². The van der Waals surface area contributed by atoms with Gasteiger partial charge in [0.05, 0.1) is 6.04 Å². The van der Waals surface area contributed by atoms with Crippen molar-refractivity contribution >= 4 is 14.8 Å². The van der Waals surface area contributed by atoms with Gasteiger partial charge in [-0.3, -0.25) is 4.79 Å². The predicted molar refractivity (Wildman–Crippen MR) is 67.0 cm³/mol. The number of carbonyl (C=O) groups is 1. The van der Waals surface area contributed by atoms with E-state index in [-0.39, 0.29) is 19.8 Å². The Hall–Kier alpha value is -0.643. The van der Waals surface area contributed by atoms with E-state index >= 15 is 0 Å². The van der Waals surface area contributed by atoms with E-state index < -0.39 is 33.1 Å². The van der Waals surface area contributed by atoms with Crippen LogP contribution in [0, 0.1) is 0 Å². The summed E-state index contributed by atoms with van der Waals surface area (Å²) in [6.07, 6.45) is -6.99. The average Bonchev–Trinajstić information content (AvgIpc) is 2.27. The van der Waals surface area contributed by atoms with Crippen LogP contribution in [-0.2, 0) is 22.8 Å². The highest BCUT2D eigenvalue weighted by molar-refractivity contribution is 6.60. The highest BCUT2D eigenvalue weighted by Crippen LogP contribution is 2.31. The maximum absolute atomic E-state index is 12.9. The molecule has 0 heterocycles. The van der Waals surface area contributed by atoms with Crippen LogP contribution in [0.2, 0.25) is 6.04 Å². The minimum Gasteiger partial charge on any atom is -0.453 e. The standard InChI is InChI=1S/C11H21F3O5Si/c1-5-16-20(17-6-2,18-7-3)8-10(11(12,13)14)19-9(4)15/h10H,5-8H2,1-4H3. The van der Waals surface area contributed by atoms with E-state index in [0.29, 0.717) is 0 Å². The van der Waals surface area contributed by atoms with Gasteiger partial charge in [0, 0.05) is 26.7 Å². The molecule has 0 N–H and O–H groups in total. The summed E-state index contributed by atoms with van der Waals surface area (Å²) in [4.78, 5) is 10.8. The third-order valence-corrected chi connectivity index (χ3v) is 5.26. The number of rotatable bonds is 9. The molecule has 20 heavy (non-hydrogen) atoms. The van der Waals surface area contributed by atoms with Gasteiger partial charge in [0.1, 0.15) is 0 Å². The molecular weight excluding hydrogens is 297 g/mol. The quantitative estimate of drug-likeness (QED) is 0.483. The molecule has 0 aromatic heterocycles. The third kappa shape index (κ3) is 6.68. The molecule has 0 aliphatic rings. The second-order valence-electron chi connectivity index (χ2n) is 3.83. The van der Waals surface area contributed by atoms with Crippen LogP contribution in [0.5, 0.6) is 0 Å². The first-order valence-electron chi connectivity index (χ1n) is 6.36. The van der Waals surface area contributed by atoms with E-state index in [1.807, 2.05) is 0 Å². The Morgan fingerprint density at radius 3 is 1.70 bits per heavy atom. The maximum Gasteiger partial charge on any atom is 0.505 e. The Kier molecular flexibility index (Phi) is 8.32. The highest BCUT2D eigenvalue weighted by atomic mass is 28.4. The molecule has 0 saturated carbocycles. The Morgan fingerprint density at radius 1 is 1.05 bits per heavy atom. The van der Waals surface area contributed by atoms with Gasteiger partial charge in [-0.15, -0.1) is 0 Å². The van der Waals surface area contributed by atoms with Gasteiger partial charge in [-0.2, -0.15) is 13.2 Å². The fourth-order valence-electron chi connectivity index (χ4n) is 1.61. The lowest BCUT2D eigenvalue weighted by molar-refractivity contribution is -0.217. The monoisotopic (exact) mass is 318 g/mol. The fourth-order valence-corrected chi connectivity index (χ4v) is 4.31. The first-order chi connectivity index (χ1) is 9.20. The fraction of sp³-hybridized carbons (Fsp3) is 0.909. The number of hydrogen-bond acceptors (Lipinski definition) is 5. The van der Waals surface area contributed by atoms with Crippen LogP contribution in [0.15, 0.2) is 0 Å². The minimum atomic E-state index is -4.70. The van der Waals surface area contributed by atoms with Gasteiger partial charge in [-0.25, -0.2) is 0 Å². The number of hydrogen-bond donors (Lipinski definition) is 0. The van der Waals surface area contributed by atoms with Crippen LogP contribution in [-0.4, -0.2) is 46.9 Å². The summed E-state index contributed by atoms with van der Waals surface area (Å²) in [5, 5.41) is 0. The summed E-state index contributed by atoms with van der Waals surface area (Å²) in [5.41, 5.74) is 0. The lowest BCUT2D eigenvalue weighted by atomic mass is 10.4. The molecule has 0 amide bonds. The summed E-state index contributed by atoms with van der Waals surface area (Å²) >= 11 is 0. The minimum absolute atomic E-state index is 0.150. The van der Waals surface area contributed by atoms with Crippen molar-refractivity contribution in [3.8, 4) is 0 Å². The number of carbonyl (C=O) groups excluding carboxylic acids is 1. The molecule has 1 unspecified atom stereocenters. The lowest BCUT2D eigenvalue weighted by Gasteiger charge is -2.31. The molecule has 0 aromatic rings. The Bertz CT molecular complexity index is 281. The molecule has 0 fully saturated rings. The number of ether oxygens (including phenoxy) is 1. The molecule has 0 aromatic carbocycles. The number of halogens is 3. The van der Waals surface area contributed by atoms with Gasteiger partial charge in [0.2, 0.25) is 6.10 Å². The summed E-state index contributed by atoms with van der Waals surface area (Å²) < 4.78 is 59.0. The molecule has 0 bridgehead atoms. The summed E-state index contributed by atoms with van der Waals surface area (Å²) in [7, 11) is -3.53. The van der Waals surface area contributed by atoms with Crippen molar-refractivity contribution in [2.75, 3.05) is 19.8 Å². The highest BCUT2D eigenvalue weighted by Gasteiger charge is 2.53. The van der Waals surface area contributed by atoms with Crippen LogP contribution in [0.1, 0.15) is 27.7 Å². The van der Waals surface area contributed by atoms with Crippen molar-refractivity contribution in [2.24, 2.45) is 0 Å². The first-order valence-corrected chi connectivity index (χ1v) is 8.29. The van der Waals surface area contributed by atoms with Crippen molar-refractivity contribution in [3.63, 3.8) is 0 Å². The van der Waals surface area contributed by atoms with Crippen molar-refractivity contribution in [1.82, 2.24) is 0 Å². The van der Waals surface area contributed by atoms with E-state index in [1.165, 1.54) is 0 Å². The molecule has 120 valence electrons. The van der Waals surface area contributed by atoms with Crippen LogP contribution >= 0.6 is 0 Å². The van der Waals surface area contributed by atoms with Gasteiger partial charge in [0.15, 0.2) is 0 Å². The first kappa shape index (κ1) is 19.4. The van der Waals surface area contributed by atoms with Crippen LogP contribution < -0.4 is 0 Å². The largest absolute Gasteiger partial charge is 0.505 e. The Labute approximate surface area is 117 Å². The smallest absolute Gasteiger partial charge is 0.453 e. The summed E-state index contributed by atoms with van der Waals surface area (Å²) in [5.74, 6) is -1.01. The lowest BCUT2D eigenvalue weighted by Crippen LogP contribution is -2.51. The number of alkyl halides is 3. The zero-order chi connectivity index (χ0) is 15.8. The SMILES string of the molecule is CCO[Si](CC(OC(C)=O)C(F)(F)F)(OCC)OCC. The number of esters is 1. The zero-order valence-electron chi connectivity index (χ0n) is 12.1. The van der Waals surface area contributed by atoms with Crippen molar-refractivity contribution < 1.29 is 36.0 Å².